The average Bonchev–Trinajstić information content (AvgIpc) is 2.93. The molecule has 0 unspecified atom stereocenters. The minimum absolute atomic E-state index is 0.559. The molecule has 10 heteroatoms. The molecule has 0 amide bonds. The summed E-state index contributed by atoms with van der Waals surface area (Å²) in [5.41, 5.74) is 0. The Hall–Kier alpha value is -1.97. The van der Waals surface area contributed by atoms with Gasteiger partial charge in [0.1, 0.15) is 0 Å². The van der Waals surface area contributed by atoms with Crippen molar-refractivity contribution in [1.29, 1.82) is 0 Å². The second-order valence-corrected chi connectivity index (χ2v) is 5.66. The summed E-state index contributed by atoms with van der Waals surface area (Å²) in [6.07, 6.45) is 3.62. The zero-order chi connectivity index (χ0) is 14.7. The van der Waals surface area contributed by atoms with E-state index in [-0.39, 0.29) is 0 Å². The second kappa shape index (κ2) is 6.20. The quantitative estimate of drug-likeness (QED) is 0.869. The zero-order valence-corrected chi connectivity index (χ0v) is 12.8. The summed E-state index contributed by atoms with van der Waals surface area (Å²) in [5.74, 6) is 1.27. The summed E-state index contributed by atoms with van der Waals surface area (Å²) in [4.78, 5) is 15.5. The second-order valence-electron chi connectivity index (χ2n) is 4.73. The van der Waals surface area contributed by atoms with Gasteiger partial charge in [-0.15, -0.1) is 5.10 Å². The average molecular weight is 307 g/mol. The highest BCUT2D eigenvalue weighted by Crippen LogP contribution is 2.25. The summed E-state index contributed by atoms with van der Waals surface area (Å²) < 4.78 is 1.59. The fraction of sp³-hybridized carbons (Fsp3) is 0.636. The molecule has 0 spiro atoms. The van der Waals surface area contributed by atoms with E-state index in [1.54, 1.807) is 18.8 Å². The Morgan fingerprint density at radius 3 is 2.57 bits per heavy atom. The van der Waals surface area contributed by atoms with E-state index in [4.69, 9.17) is 0 Å². The van der Waals surface area contributed by atoms with Gasteiger partial charge in [-0.3, -0.25) is 0 Å². The minimum Gasteiger partial charge on any atom is -0.357 e. The standard InChI is InChI=1S/C11H17N9S/c1-12-8-13-9(20-6-4-3-5-7-20)15-10(14-8)21-11-16-17-18-19(11)2/h3-7H2,1-2H3,(H,12,13,14,15). The number of rotatable bonds is 4. The van der Waals surface area contributed by atoms with Crippen molar-refractivity contribution in [3.05, 3.63) is 0 Å². The Morgan fingerprint density at radius 2 is 1.90 bits per heavy atom. The third kappa shape index (κ3) is 3.20. The fourth-order valence-corrected chi connectivity index (χ4v) is 2.80. The molecule has 1 fully saturated rings. The molecule has 0 atom stereocenters. The van der Waals surface area contributed by atoms with E-state index in [9.17, 15) is 0 Å². The van der Waals surface area contributed by atoms with Gasteiger partial charge in [0.05, 0.1) is 0 Å². The third-order valence-electron chi connectivity index (χ3n) is 3.23. The maximum absolute atomic E-state index is 4.54. The van der Waals surface area contributed by atoms with Crippen LogP contribution in [0.2, 0.25) is 0 Å². The Bertz CT molecular complexity index is 607. The van der Waals surface area contributed by atoms with Crippen LogP contribution in [-0.2, 0) is 7.05 Å². The molecule has 1 aliphatic rings. The van der Waals surface area contributed by atoms with E-state index in [0.717, 1.165) is 13.1 Å². The van der Waals surface area contributed by atoms with Crippen molar-refractivity contribution in [3.63, 3.8) is 0 Å². The highest BCUT2D eigenvalue weighted by molar-refractivity contribution is 7.99. The molecule has 1 aliphatic heterocycles. The molecule has 2 aromatic rings. The third-order valence-corrected chi connectivity index (χ3v) is 4.12. The number of aromatic nitrogens is 7. The molecule has 1 N–H and O–H groups in total. The van der Waals surface area contributed by atoms with E-state index in [1.807, 2.05) is 0 Å². The Kier molecular flexibility index (Phi) is 4.13. The van der Waals surface area contributed by atoms with Crippen LogP contribution >= 0.6 is 11.8 Å². The van der Waals surface area contributed by atoms with Gasteiger partial charge in [0.2, 0.25) is 22.2 Å². The Labute approximate surface area is 126 Å². The number of nitrogens with zero attached hydrogens (tertiary/aromatic N) is 8. The first kappa shape index (κ1) is 14.0. The number of hydrogen-bond acceptors (Lipinski definition) is 9. The van der Waals surface area contributed by atoms with Crippen molar-refractivity contribution in [2.45, 2.75) is 29.6 Å². The molecule has 0 bridgehead atoms. The summed E-state index contributed by atoms with van der Waals surface area (Å²) in [5, 5.41) is 15.6. The van der Waals surface area contributed by atoms with Crippen LogP contribution in [0, 0.1) is 0 Å². The summed E-state index contributed by atoms with van der Waals surface area (Å²) in [6.45, 7) is 1.98. The van der Waals surface area contributed by atoms with Crippen molar-refractivity contribution >= 4 is 23.7 Å². The number of anilines is 2. The summed E-state index contributed by atoms with van der Waals surface area (Å²) in [6, 6.07) is 0. The zero-order valence-electron chi connectivity index (χ0n) is 12.0. The molecule has 112 valence electrons. The first-order valence-corrected chi connectivity index (χ1v) is 7.67. The summed E-state index contributed by atoms with van der Waals surface area (Å²) >= 11 is 1.33. The maximum Gasteiger partial charge on any atom is 0.231 e. The first-order chi connectivity index (χ1) is 10.3. The molecule has 0 aliphatic carbocycles. The van der Waals surface area contributed by atoms with E-state index < -0.39 is 0 Å². The minimum atomic E-state index is 0.559. The van der Waals surface area contributed by atoms with Crippen LogP contribution in [0.3, 0.4) is 0 Å². The highest BCUT2D eigenvalue weighted by atomic mass is 32.2. The Balaban J connectivity index is 1.87. The van der Waals surface area contributed by atoms with Gasteiger partial charge in [-0.05, 0) is 41.5 Å². The SMILES string of the molecule is CNc1nc(Sc2nnnn2C)nc(N2CCCCC2)n1. The lowest BCUT2D eigenvalue weighted by molar-refractivity contribution is 0.565. The van der Waals surface area contributed by atoms with Gasteiger partial charge in [-0.1, -0.05) is 0 Å². The van der Waals surface area contributed by atoms with E-state index in [2.05, 4.69) is 40.7 Å². The van der Waals surface area contributed by atoms with Crippen molar-refractivity contribution in [1.82, 2.24) is 35.2 Å². The lowest BCUT2D eigenvalue weighted by Gasteiger charge is -2.26. The van der Waals surface area contributed by atoms with Gasteiger partial charge >= 0.3 is 0 Å². The monoisotopic (exact) mass is 307 g/mol. The van der Waals surface area contributed by atoms with Crippen LogP contribution in [0.15, 0.2) is 10.3 Å². The van der Waals surface area contributed by atoms with Crippen LogP contribution in [0.5, 0.6) is 0 Å². The smallest absolute Gasteiger partial charge is 0.231 e. The van der Waals surface area contributed by atoms with Crippen LogP contribution < -0.4 is 10.2 Å². The molecule has 0 radical (unpaired) electrons. The van der Waals surface area contributed by atoms with Crippen molar-refractivity contribution in [3.8, 4) is 0 Å². The van der Waals surface area contributed by atoms with Gasteiger partial charge in [0.15, 0.2) is 0 Å². The lowest BCUT2D eigenvalue weighted by Crippen LogP contribution is -2.31. The summed E-state index contributed by atoms with van der Waals surface area (Å²) in [7, 11) is 3.59. The predicted molar refractivity (Wildman–Crippen MR) is 78.4 cm³/mol. The number of tetrazole rings is 1. The molecular weight excluding hydrogens is 290 g/mol. The largest absolute Gasteiger partial charge is 0.357 e. The number of aryl methyl sites for hydroxylation is 1. The van der Waals surface area contributed by atoms with Crippen LogP contribution in [-0.4, -0.2) is 55.3 Å². The number of piperidine rings is 1. The van der Waals surface area contributed by atoms with Crippen LogP contribution in [0.4, 0.5) is 11.9 Å². The molecule has 2 aromatic heterocycles. The molecular formula is C11H17N9S. The molecule has 21 heavy (non-hydrogen) atoms. The molecule has 1 saturated heterocycles. The van der Waals surface area contributed by atoms with E-state index in [1.165, 1.54) is 31.0 Å². The van der Waals surface area contributed by atoms with Crippen molar-refractivity contribution in [2.24, 2.45) is 7.05 Å². The van der Waals surface area contributed by atoms with Gasteiger partial charge < -0.3 is 10.2 Å². The van der Waals surface area contributed by atoms with Gasteiger partial charge in [-0.2, -0.15) is 15.0 Å². The first-order valence-electron chi connectivity index (χ1n) is 6.85. The molecule has 0 aromatic carbocycles. The molecule has 0 saturated carbocycles. The topological polar surface area (TPSA) is 97.5 Å². The predicted octanol–water partition coefficient (Wildman–Crippen LogP) is 0.578. The van der Waals surface area contributed by atoms with E-state index >= 15 is 0 Å². The van der Waals surface area contributed by atoms with E-state index in [0.29, 0.717) is 22.2 Å². The fourth-order valence-electron chi connectivity index (χ4n) is 2.13. The van der Waals surface area contributed by atoms with Crippen LogP contribution in [0.25, 0.3) is 0 Å². The van der Waals surface area contributed by atoms with Crippen molar-refractivity contribution < 1.29 is 0 Å². The Morgan fingerprint density at radius 1 is 1.10 bits per heavy atom. The molecule has 9 nitrogen and oxygen atoms in total. The highest BCUT2D eigenvalue weighted by Gasteiger charge is 2.17. The lowest BCUT2D eigenvalue weighted by atomic mass is 10.1. The number of nitrogens with one attached hydrogen (secondary N) is 1. The molecule has 3 heterocycles. The normalized spacial score (nSPS) is 15.2. The van der Waals surface area contributed by atoms with Gasteiger partial charge in [-0.25, -0.2) is 4.68 Å². The molecule has 3 rings (SSSR count). The van der Waals surface area contributed by atoms with Gasteiger partial charge in [0.25, 0.3) is 0 Å². The van der Waals surface area contributed by atoms with Crippen molar-refractivity contribution in [2.75, 3.05) is 30.4 Å². The maximum atomic E-state index is 4.54. The van der Waals surface area contributed by atoms with Crippen LogP contribution in [0.1, 0.15) is 19.3 Å². The number of hydrogen-bond donors (Lipinski definition) is 1. The van der Waals surface area contributed by atoms with Gasteiger partial charge in [0, 0.05) is 27.2 Å².